The van der Waals surface area contributed by atoms with Gasteiger partial charge in [-0.05, 0) is 36.8 Å². The van der Waals surface area contributed by atoms with Crippen LogP contribution in [-0.2, 0) is 9.59 Å². The van der Waals surface area contributed by atoms with Gasteiger partial charge in [0.15, 0.2) is 0 Å². The van der Waals surface area contributed by atoms with Gasteiger partial charge in [0, 0.05) is 32.4 Å². The van der Waals surface area contributed by atoms with E-state index in [9.17, 15) is 14.7 Å². The number of aryl methyl sites for hydroxylation is 1. The van der Waals surface area contributed by atoms with Crippen LogP contribution in [0.3, 0.4) is 0 Å². The lowest BCUT2D eigenvalue weighted by Crippen LogP contribution is -2.51. The van der Waals surface area contributed by atoms with Crippen molar-refractivity contribution in [3.63, 3.8) is 0 Å². The number of nitrogens with zero attached hydrogens (tertiary/aromatic N) is 3. The molecule has 1 saturated heterocycles. The molecule has 1 aliphatic heterocycles. The highest BCUT2D eigenvalue weighted by Gasteiger charge is 2.26. The first-order chi connectivity index (χ1) is 12.0. The summed E-state index contributed by atoms with van der Waals surface area (Å²) in [4.78, 5) is 32.4. The molecule has 2 N–H and O–H groups in total. The topological polar surface area (TPSA) is 85.8 Å². The van der Waals surface area contributed by atoms with Crippen molar-refractivity contribution >= 4 is 23.3 Å². The predicted octanol–water partition coefficient (Wildman–Crippen LogP) is 1.38. The molecule has 1 aromatic heterocycles. The molecular formula is C18H20N4O3. The summed E-state index contributed by atoms with van der Waals surface area (Å²) in [6.07, 6.45) is 1.73. The van der Waals surface area contributed by atoms with E-state index in [2.05, 4.69) is 15.2 Å². The summed E-state index contributed by atoms with van der Waals surface area (Å²) < 4.78 is 0. The number of anilines is 2. The van der Waals surface area contributed by atoms with Gasteiger partial charge in [-0.25, -0.2) is 4.98 Å². The minimum atomic E-state index is -0.745. The molecular weight excluding hydrogens is 320 g/mol. The van der Waals surface area contributed by atoms with Gasteiger partial charge in [0.05, 0.1) is 5.69 Å². The Morgan fingerprint density at radius 3 is 2.52 bits per heavy atom. The van der Waals surface area contributed by atoms with Gasteiger partial charge in [0.1, 0.15) is 11.6 Å². The Bertz CT molecular complexity index is 771. The normalized spacial score (nSPS) is 14.3. The third-order valence-corrected chi connectivity index (χ3v) is 4.14. The van der Waals surface area contributed by atoms with E-state index in [0.29, 0.717) is 26.2 Å². The number of carbonyl (C=O) groups is 2. The maximum atomic E-state index is 12.3. The zero-order chi connectivity index (χ0) is 17.8. The molecule has 2 amide bonds. The molecule has 1 aliphatic rings. The fourth-order valence-electron chi connectivity index (χ4n) is 2.75. The molecule has 130 valence electrons. The maximum absolute atomic E-state index is 12.3. The molecule has 3 rings (SSSR count). The number of carbonyl (C=O) groups excluding carboxylic acids is 2. The van der Waals surface area contributed by atoms with Crippen LogP contribution in [0.5, 0.6) is 5.75 Å². The second-order valence-electron chi connectivity index (χ2n) is 5.94. The van der Waals surface area contributed by atoms with Gasteiger partial charge in [0.2, 0.25) is 0 Å². The number of nitrogens with one attached hydrogen (secondary N) is 1. The van der Waals surface area contributed by atoms with Crippen molar-refractivity contribution in [2.75, 3.05) is 36.4 Å². The Morgan fingerprint density at radius 1 is 1.12 bits per heavy atom. The third kappa shape index (κ3) is 3.88. The molecule has 0 saturated carbocycles. The van der Waals surface area contributed by atoms with Crippen LogP contribution in [0.4, 0.5) is 11.5 Å². The SMILES string of the molecule is Cc1ccc(NC(=O)C(=O)N2CCN(c3ccccn3)CC2)c(O)c1. The number of aromatic hydroxyl groups is 1. The number of piperazine rings is 1. The second kappa shape index (κ2) is 7.21. The van der Waals surface area contributed by atoms with Crippen molar-refractivity contribution in [2.24, 2.45) is 0 Å². The summed E-state index contributed by atoms with van der Waals surface area (Å²) in [7, 11) is 0. The van der Waals surface area contributed by atoms with Crippen molar-refractivity contribution < 1.29 is 14.7 Å². The van der Waals surface area contributed by atoms with E-state index < -0.39 is 11.8 Å². The average Bonchev–Trinajstić information content (AvgIpc) is 2.64. The lowest BCUT2D eigenvalue weighted by molar-refractivity contribution is -0.143. The van der Waals surface area contributed by atoms with Crippen LogP contribution < -0.4 is 10.2 Å². The van der Waals surface area contributed by atoms with Crippen LogP contribution >= 0.6 is 0 Å². The van der Waals surface area contributed by atoms with E-state index in [-0.39, 0.29) is 11.4 Å². The Balaban J connectivity index is 1.57. The number of phenolic OH excluding ortho intramolecular Hbond substituents is 1. The third-order valence-electron chi connectivity index (χ3n) is 4.14. The van der Waals surface area contributed by atoms with E-state index in [1.54, 1.807) is 18.3 Å². The van der Waals surface area contributed by atoms with E-state index >= 15 is 0 Å². The molecule has 0 bridgehead atoms. The standard InChI is InChI=1S/C18H20N4O3/c1-13-5-6-14(15(23)12-13)20-17(24)18(25)22-10-8-21(9-11-22)16-4-2-3-7-19-16/h2-7,12,23H,8-11H2,1H3,(H,20,24). The summed E-state index contributed by atoms with van der Waals surface area (Å²) in [6.45, 7) is 3.96. The number of phenols is 1. The molecule has 7 heteroatoms. The maximum Gasteiger partial charge on any atom is 0.314 e. The molecule has 2 aromatic rings. The van der Waals surface area contributed by atoms with Crippen molar-refractivity contribution in [3.8, 4) is 5.75 Å². The molecule has 2 heterocycles. The molecule has 0 unspecified atom stereocenters. The van der Waals surface area contributed by atoms with Gasteiger partial charge < -0.3 is 20.2 Å². The van der Waals surface area contributed by atoms with E-state index in [1.807, 2.05) is 25.1 Å². The monoisotopic (exact) mass is 340 g/mol. The lowest BCUT2D eigenvalue weighted by atomic mass is 10.2. The van der Waals surface area contributed by atoms with Crippen LogP contribution in [-0.4, -0.2) is 53.0 Å². The zero-order valence-corrected chi connectivity index (χ0v) is 14.0. The number of aromatic nitrogens is 1. The molecule has 1 fully saturated rings. The number of hydrogen-bond donors (Lipinski definition) is 2. The largest absolute Gasteiger partial charge is 0.506 e. The van der Waals surface area contributed by atoms with Crippen LogP contribution in [0.25, 0.3) is 0 Å². The van der Waals surface area contributed by atoms with Crippen molar-refractivity contribution in [2.45, 2.75) is 6.92 Å². The highest BCUT2D eigenvalue weighted by Crippen LogP contribution is 2.24. The second-order valence-corrected chi connectivity index (χ2v) is 5.94. The highest BCUT2D eigenvalue weighted by atomic mass is 16.3. The number of hydrogen-bond acceptors (Lipinski definition) is 5. The van der Waals surface area contributed by atoms with E-state index in [4.69, 9.17) is 0 Å². The molecule has 25 heavy (non-hydrogen) atoms. The summed E-state index contributed by atoms with van der Waals surface area (Å²) >= 11 is 0. The first-order valence-electron chi connectivity index (χ1n) is 8.10. The van der Waals surface area contributed by atoms with Gasteiger partial charge >= 0.3 is 11.8 Å². The Labute approximate surface area is 145 Å². The first kappa shape index (κ1) is 16.8. The summed E-state index contributed by atoms with van der Waals surface area (Å²) in [5.41, 5.74) is 1.10. The molecule has 0 aliphatic carbocycles. The summed E-state index contributed by atoms with van der Waals surface area (Å²) in [5, 5.41) is 12.3. The van der Waals surface area contributed by atoms with Crippen molar-refractivity contribution in [3.05, 3.63) is 48.2 Å². The highest BCUT2D eigenvalue weighted by molar-refractivity contribution is 6.39. The minimum Gasteiger partial charge on any atom is -0.506 e. The lowest BCUT2D eigenvalue weighted by Gasteiger charge is -2.35. The quantitative estimate of drug-likeness (QED) is 0.637. The van der Waals surface area contributed by atoms with Crippen LogP contribution in [0.2, 0.25) is 0 Å². The Hall–Kier alpha value is -3.09. The van der Waals surface area contributed by atoms with Gasteiger partial charge in [-0.1, -0.05) is 12.1 Å². The summed E-state index contributed by atoms with van der Waals surface area (Å²) in [5.74, 6) is -0.532. The fraction of sp³-hybridized carbons (Fsp3) is 0.278. The number of pyridine rings is 1. The molecule has 1 aromatic carbocycles. The number of benzene rings is 1. The number of amides is 2. The molecule has 7 nitrogen and oxygen atoms in total. The van der Waals surface area contributed by atoms with Crippen LogP contribution in [0.15, 0.2) is 42.6 Å². The minimum absolute atomic E-state index is 0.0545. The molecule has 0 radical (unpaired) electrons. The average molecular weight is 340 g/mol. The van der Waals surface area contributed by atoms with Gasteiger partial charge in [-0.15, -0.1) is 0 Å². The zero-order valence-electron chi connectivity index (χ0n) is 14.0. The Morgan fingerprint density at radius 2 is 1.88 bits per heavy atom. The molecule has 0 spiro atoms. The van der Waals surface area contributed by atoms with Crippen molar-refractivity contribution in [1.82, 2.24) is 9.88 Å². The van der Waals surface area contributed by atoms with E-state index in [1.165, 1.54) is 11.0 Å². The van der Waals surface area contributed by atoms with Gasteiger partial charge in [-0.2, -0.15) is 0 Å². The number of rotatable bonds is 2. The predicted molar refractivity (Wildman–Crippen MR) is 94.5 cm³/mol. The van der Waals surface area contributed by atoms with Crippen LogP contribution in [0, 0.1) is 6.92 Å². The van der Waals surface area contributed by atoms with Crippen molar-refractivity contribution in [1.29, 1.82) is 0 Å². The smallest absolute Gasteiger partial charge is 0.314 e. The first-order valence-corrected chi connectivity index (χ1v) is 8.10. The van der Waals surface area contributed by atoms with E-state index in [0.717, 1.165) is 11.4 Å². The Kier molecular flexibility index (Phi) is 4.83. The molecule has 0 atom stereocenters. The van der Waals surface area contributed by atoms with Crippen LogP contribution in [0.1, 0.15) is 5.56 Å². The van der Waals surface area contributed by atoms with Gasteiger partial charge in [-0.3, -0.25) is 9.59 Å². The summed E-state index contributed by atoms with van der Waals surface area (Å²) in [6, 6.07) is 10.6. The van der Waals surface area contributed by atoms with Gasteiger partial charge in [0.25, 0.3) is 0 Å². The fourth-order valence-corrected chi connectivity index (χ4v) is 2.75.